The molecule has 0 heterocycles. The summed E-state index contributed by atoms with van der Waals surface area (Å²) in [5.41, 5.74) is 0.985. The Morgan fingerprint density at radius 1 is 0.789 bits per heavy atom. The largest absolute Gasteiger partial charge is 0.507 e. The van der Waals surface area contributed by atoms with E-state index in [0.717, 1.165) is 0 Å². The SMILES string of the molecule is Cc1cccc2c1C(=O)c1c(O)ccc(O)c1C2=O. The molecule has 0 radical (unpaired) electrons. The van der Waals surface area contributed by atoms with E-state index in [1.165, 1.54) is 12.1 Å². The van der Waals surface area contributed by atoms with Gasteiger partial charge in [0, 0.05) is 11.1 Å². The standard InChI is InChI=1S/C15H10O4/c1-7-3-2-4-8-11(7)15(19)13-10(17)6-5-9(16)12(13)14(8)18/h2-6,16-17H,1H3. The number of aromatic hydroxyl groups is 2. The highest BCUT2D eigenvalue weighted by Gasteiger charge is 2.34. The molecule has 0 aromatic heterocycles. The first-order valence-electron chi connectivity index (χ1n) is 5.76. The average Bonchev–Trinajstić information content (AvgIpc) is 2.38. The van der Waals surface area contributed by atoms with Crippen LogP contribution in [0.4, 0.5) is 0 Å². The van der Waals surface area contributed by atoms with E-state index in [-0.39, 0.29) is 28.2 Å². The molecule has 4 nitrogen and oxygen atoms in total. The van der Waals surface area contributed by atoms with Crippen LogP contribution >= 0.6 is 0 Å². The molecule has 2 aromatic rings. The van der Waals surface area contributed by atoms with Crippen LogP contribution in [0.25, 0.3) is 0 Å². The molecule has 0 saturated heterocycles. The Morgan fingerprint density at radius 3 is 2.00 bits per heavy atom. The fourth-order valence-electron chi connectivity index (χ4n) is 2.46. The van der Waals surface area contributed by atoms with Crippen LogP contribution in [-0.4, -0.2) is 21.8 Å². The van der Waals surface area contributed by atoms with Gasteiger partial charge in [-0.1, -0.05) is 18.2 Å². The van der Waals surface area contributed by atoms with Crippen molar-refractivity contribution in [2.45, 2.75) is 6.92 Å². The summed E-state index contributed by atoms with van der Waals surface area (Å²) in [7, 11) is 0. The van der Waals surface area contributed by atoms with Gasteiger partial charge in [0.25, 0.3) is 0 Å². The maximum Gasteiger partial charge on any atom is 0.198 e. The van der Waals surface area contributed by atoms with Crippen molar-refractivity contribution in [3.8, 4) is 11.5 Å². The number of carbonyl (C=O) groups excluding carboxylic acids is 2. The second kappa shape index (κ2) is 3.68. The van der Waals surface area contributed by atoms with Gasteiger partial charge >= 0.3 is 0 Å². The van der Waals surface area contributed by atoms with Gasteiger partial charge in [0.1, 0.15) is 11.5 Å². The third kappa shape index (κ3) is 1.40. The molecule has 94 valence electrons. The third-order valence-electron chi connectivity index (χ3n) is 3.36. The zero-order valence-corrected chi connectivity index (χ0v) is 10.1. The van der Waals surface area contributed by atoms with Gasteiger partial charge in [-0.2, -0.15) is 0 Å². The van der Waals surface area contributed by atoms with Crippen LogP contribution in [0.15, 0.2) is 30.3 Å². The van der Waals surface area contributed by atoms with Crippen LogP contribution in [0.5, 0.6) is 11.5 Å². The van der Waals surface area contributed by atoms with Crippen molar-refractivity contribution >= 4 is 11.6 Å². The van der Waals surface area contributed by atoms with Crippen LogP contribution in [0.1, 0.15) is 37.4 Å². The number of rotatable bonds is 0. The molecule has 1 aliphatic carbocycles. The van der Waals surface area contributed by atoms with E-state index in [4.69, 9.17) is 0 Å². The Morgan fingerprint density at radius 2 is 1.37 bits per heavy atom. The van der Waals surface area contributed by atoms with Gasteiger partial charge in [0.05, 0.1) is 11.1 Å². The van der Waals surface area contributed by atoms with E-state index < -0.39 is 11.6 Å². The molecule has 0 amide bonds. The van der Waals surface area contributed by atoms with Crippen molar-refractivity contribution in [3.63, 3.8) is 0 Å². The summed E-state index contributed by atoms with van der Waals surface area (Å²) in [5, 5.41) is 19.6. The summed E-state index contributed by atoms with van der Waals surface area (Å²) < 4.78 is 0. The number of hydrogen-bond donors (Lipinski definition) is 2. The second-order valence-electron chi connectivity index (χ2n) is 4.51. The van der Waals surface area contributed by atoms with Crippen molar-refractivity contribution in [1.82, 2.24) is 0 Å². The Hall–Kier alpha value is -2.62. The maximum absolute atomic E-state index is 12.4. The minimum Gasteiger partial charge on any atom is -0.507 e. The molecular formula is C15H10O4. The Balaban J connectivity index is 2.43. The quantitative estimate of drug-likeness (QED) is 0.603. The number of hydrogen-bond acceptors (Lipinski definition) is 4. The molecule has 2 N–H and O–H groups in total. The fourth-order valence-corrected chi connectivity index (χ4v) is 2.46. The Kier molecular flexibility index (Phi) is 2.22. The summed E-state index contributed by atoms with van der Waals surface area (Å²) in [6.07, 6.45) is 0. The van der Waals surface area contributed by atoms with Crippen LogP contribution in [0.2, 0.25) is 0 Å². The summed E-state index contributed by atoms with van der Waals surface area (Å²) in [6, 6.07) is 7.39. The number of fused-ring (bicyclic) bond motifs is 2. The van der Waals surface area contributed by atoms with Crippen molar-refractivity contribution < 1.29 is 19.8 Å². The number of aryl methyl sites for hydroxylation is 1. The molecule has 0 aliphatic heterocycles. The molecule has 0 spiro atoms. The fraction of sp³-hybridized carbons (Fsp3) is 0.0667. The van der Waals surface area contributed by atoms with E-state index in [9.17, 15) is 19.8 Å². The molecule has 1 aliphatic rings. The highest BCUT2D eigenvalue weighted by molar-refractivity contribution is 6.30. The first-order valence-corrected chi connectivity index (χ1v) is 5.76. The normalized spacial score (nSPS) is 13.1. The van der Waals surface area contributed by atoms with Gasteiger partial charge in [0.2, 0.25) is 0 Å². The molecule has 0 bridgehead atoms. The van der Waals surface area contributed by atoms with Crippen molar-refractivity contribution in [3.05, 3.63) is 58.1 Å². The van der Waals surface area contributed by atoms with E-state index >= 15 is 0 Å². The van der Waals surface area contributed by atoms with E-state index in [0.29, 0.717) is 11.1 Å². The highest BCUT2D eigenvalue weighted by Crippen LogP contribution is 2.38. The average molecular weight is 254 g/mol. The molecule has 2 aromatic carbocycles. The molecule has 19 heavy (non-hydrogen) atoms. The van der Waals surface area contributed by atoms with Crippen LogP contribution in [-0.2, 0) is 0 Å². The molecule has 0 fully saturated rings. The summed E-state index contributed by atoms with van der Waals surface area (Å²) >= 11 is 0. The zero-order chi connectivity index (χ0) is 13.7. The van der Waals surface area contributed by atoms with Crippen molar-refractivity contribution in [2.24, 2.45) is 0 Å². The number of benzene rings is 2. The number of phenols is 2. The molecule has 3 rings (SSSR count). The molecule has 4 heteroatoms. The van der Waals surface area contributed by atoms with Crippen LogP contribution in [0, 0.1) is 6.92 Å². The smallest absolute Gasteiger partial charge is 0.198 e. The van der Waals surface area contributed by atoms with E-state index in [2.05, 4.69) is 0 Å². The number of phenolic OH excluding ortho intramolecular Hbond substituents is 2. The lowest BCUT2D eigenvalue weighted by Crippen LogP contribution is -2.22. The molecule has 0 unspecified atom stereocenters. The third-order valence-corrected chi connectivity index (χ3v) is 3.36. The number of carbonyl (C=O) groups is 2. The van der Waals surface area contributed by atoms with Gasteiger partial charge in [-0.25, -0.2) is 0 Å². The summed E-state index contributed by atoms with van der Waals surface area (Å²) in [6.45, 7) is 1.73. The lowest BCUT2D eigenvalue weighted by atomic mass is 9.81. The van der Waals surface area contributed by atoms with Gasteiger partial charge in [-0.3, -0.25) is 9.59 Å². The van der Waals surface area contributed by atoms with Crippen LogP contribution in [0.3, 0.4) is 0 Å². The molecule has 0 saturated carbocycles. The summed E-state index contributed by atoms with van der Waals surface area (Å²) in [4.78, 5) is 24.8. The minimum absolute atomic E-state index is 0.119. The second-order valence-corrected chi connectivity index (χ2v) is 4.51. The molecular weight excluding hydrogens is 244 g/mol. The highest BCUT2D eigenvalue weighted by atomic mass is 16.3. The maximum atomic E-state index is 12.4. The lowest BCUT2D eigenvalue weighted by molar-refractivity contribution is 0.0973. The first-order chi connectivity index (χ1) is 9.02. The predicted molar refractivity (Wildman–Crippen MR) is 67.8 cm³/mol. The van der Waals surface area contributed by atoms with Crippen molar-refractivity contribution in [2.75, 3.05) is 0 Å². The Labute approximate surface area is 108 Å². The Bertz CT molecular complexity index is 744. The molecule has 0 atom stereocenters. The zero-order valence-electron chi connectivity index (χ0n) is 10.1. The number of ketones is 2. The van der Waals surface area contributed by atoms with E-state index in [1.807, 2.05) is 0 Å². The van der Waals surface area contributed by atoms with E-state index in [1.54, 1.807) is 25.1 Å². The monoisotopic (exact) mass is 254 g/mol. The lowest BCUT2D eigenvalue weighted by Gasteiger charge is -2.20. The summed E-state index contributed by atoms with van der Waals surface area (Å²) in [5.74, 6) is -1.46. The van der Waals surface area contributed by atoms with Crippen molar-refractivity contribution in [1.29, 1.82) is 0 Å². The minimum atomic E-state index is -0.443. The van der Waals surface area contributed by atoms with Gasteiger partial charge in [0.15, 0.2) is 11.6 Å². The van der Waals surface area contributed by atoms with Gasteiger partial charge < -0.3 is 10.2 Å². The topological polar surface area (TPSA) is 74.6 Å². The van der Waals surface area contributed by atoms with Crippen LogP contribution < -0.4 is 0 Å². The van der Waals surface area contributed by atoms with Gasteiger partial charge in [-0.15, -0.1) is 0 Å². The predicted octanol–water partition coefficient (Wildman–Crippen LogP) is 2.18. The van der Waals surface area contributed by atoms with Gasteiger partial charge in [-0.05, 0) is 24.6 Å². The first kappa shape index (κ1) is 11.5.